The maximum Gasteiger partial charge on any atom is 0.234 e. The normalized spacial score (nSPS) is 10.6. The topological polar surface area (TPSA) is 69.0 Å². The lowest BCUT2D eigenvalue weighted by Gasteiger charge is -2.09. The predicted molar refractivity (Wildman–Crippen MR) is 108 cm³/mol. The number of thioether (sulfide) groups is 1. The van der Waals surface area contributed by atoms with E-state index in [4.69, 9.17) is 4.74 Å². The molecule has 1 aromatic heterocycles. The van der Waals surface area contributed by atoms with Crippen LogP contribution in [0.15, 0.2) is 59.8 Å². The molecule has 0 saturated heterocycles. The number of hydrogen-bond donors (Lipinski definition) is 1. The van der Waals surface area contributed by atoms with Gasteiger partial charge < -0.3 is 14.6 Å². The Morgan fingerprint density at radius 2 is 1.85 bits per heavy atom. The number of rotatable bonds is 8. The Labute approximate surface area is 163 Å². The molecule has 0 unspecified atom stereocenters. The van der Waals surface area contributed by atoms with E-state index < -0.39 is 0 Å². The first-order valence-corrected chi connectivity index (χ1v) is 9.75. The van der Waals surface area contributed by atoms with Crippen LogP contribution in [0.4, 0.5) is 5.69 Å². The first-order chi connectivity index (χ1) is 13.2. The summed E-state index contributed by atoms with van der Waals surface area (Å²) in [7, 11) is 1.61. The van der Waals surface area contributed by atoms with Gasteiger partial charge in [-0.2, -0.15) is 0 Å². The third kappa shape index (κ3) is 4.89. The number of carbonyl (C=O) groups is 1. The minimum atomic E-state index is -0.0857. The Morgan fingerprint density at radius 3 is 2.52 bits per heavy atom. The highest BCUT2D eigenvalue weighted by Crippen LogP contribution is 2.24. The molecule has 0 spiro atoms. The molecule has 27 heavy (non-hydrogen) atoms. The maximum atomic E-state index is 12.3. The van der Waals surface area contributed by atoms with E-state index in [9.17, 15) is 4.79 Å². The molecule has 0 aliphatic rings. The predicted octanol–water partition coefficient (Wildman–Crippen LogP) is 4.09. The zero-order chi connectivity index (χ0) is 19.1. The van der Waals surface area contributed by atoms with Crippen molar-refractivity contribution >= 4 is 23.4 Å². The van der Waals surface area contributed by atoms with Gasteiger partial charge in [0.05, 0.1) is 12.9 Å². The summed E-state index contributed by atoms with van der Waals surface area (Å²) in [6, 6.07) is 17.2. The monoisotopic (exact) mass is 382 g/mol. The lowest BCUT2D eigenvalue weighted by Crippen LogP contribution is -2.14. The number of ether oxygens (including phenoxy) is 1. The van der Waals surface area contributed by atoms with Crippen LogP contribution in [0.1, 0.15) is 13.3 Å². The van der Waals surface area contributed by atoms with E-state index in [1.165, 1.54) is 11.8 Å². The Bertz CT molecular complexity index is 879. The molecule has 2 aromatic carbocycles. The van der Waals surface area contributed by atoms with Gasteiger partial charge in [-0.25, -0.2) is 0 Å². The second-order valence-electron chi connectivity index (χ2n) is 5.89. The van der Waals surface area contributed by atoms with Crippen molar-refractivity contribution in [2.24, 2.45) is 0 Å². The quantitative estimate of drug-likeness (QED) is 0.594. The van der Waals surface area contributed by atoms with Crippen LogP contribution in [0.3, 0.4) is 0 Å². The van der Waals surface area contributed by atoms with Crippen molar-refractivity contribution in [1.29, 1.82) is 0 Å². The van der Waals surface area contributed by atoms with Gasteiger partial charge in [0.15, 0.2) is 11.0 Å². The average Bonchev–Trinajstić information content (AvgIpc) is 3.10. The SMILES string of the molecule is CCCn1c(SCC(=O)Nc2ccc(OC)cc2)nnc1-c1ccccc1. The summed E-state index contributed by atoms with van der Waals surface area (Å²) in [4.78, 5) is 12.3. The van der Waals surface area contributed by atoms with Crippen LogP contribution in [0.2, 0.25) is 0 Å². The molecule has 0 saturated carbocycles. The number of nitrogens with one attached hydrogen (secondary N) is 1. The van der Waals surface area contributed by atoms with Gasteiger partial charge in [-0.1, -0.05) is 49.0 Å². The third-order valence-corrected chi connectivity index (χ3v) is 4.87. The Kier molecular flexibility index (Phi) is 6.49. The summed E-state index contributed by atoms with van der Waals surface area (Å²) in [6.07, 6.45) is 0.962. The molecule has 0 aliphatic carbocycles. The Balaban J connectivity index is 1.66. The van der Waals surface area contributed by atoms with E-state index >= 15 is 0 Å². The standard InChI is InChI=1S/C20H22N4O2S/c1-3-13-24-19(15-7-5-4-6-8-15)22-23-20(24)27-14-18(25)21-16-9-11-17(26-2)12-10-16/h4-12H,3,13-14H2,1-2H3,(H,21,25). The molecule has 0 aliphatic heterocycles. The summed E-state index contributed by atoms with van der Waals surface area (Å²) in [5.74, 6) is 1.76. The summed E-state index contributed by atoms with van der Waals surface area (Å²) < 4.78 is 7.19. The molecule has 0 radical (unpaired) electrons. The van der Waals surface area contributed by atoms with Crippen molar-refractivity contribution in [3.8, 4) is 17.1 Å². The fourth-order valence-corrected chi connectivity index (χ4v) is 3.39. The van der Waals surface area contributed by atoms with Gasteiger partial charge in [-0.3, -0.25) is 4.79 Å². The van der Waals surface area contributed by atoms with Crippen LogP contribution in [-0.4, -0.2) is 33.5 Å². The molecule has 6 nitrogen and oxygen atoms in total. The number of aromatic nitrogens is 3. The first-order valence-electron chi connectivity index (χ1n) is 8.76. The van der Waals surface area contributed by atoms with Crippen molar-refractivity contribution in [3.63, 3.8) is 0 Å². The van der Waals surface area contributed by atoms with E-state index in [1.807, 2.05) is 54.6 Å². The molecule has 1 N–H and O–H groups in total. The first kappa shape index (κ1) is 19.0. The van der Waals surface area contributed by atoms with Crippen LogP contribution in [0.25, 0.3) is 11.4 Å². The fourth-order valence-electron chi connectivity index (χ4n) is 2.62. The molecule has 7 heteroatoms. The number of anilines is 1. The van der Waals surface area contributed by atoms with E-state index in [1.54, 1.807) is 7.11 Å². The van der Waals surface area contributed by atoms with Crippen molar-refractivity contribution in [3.05, 3.63) is 54.6 Å². The molecular formula is C20H22N4O2S. The largest absolute Gasteiger partial charge is 0.497 e. The van der Waals surface area contributed by atoms with Crippen molar-refractivity contribution in [1.82, 2.24) is 14.8 Å². The number of carbonyl (C=O) groups excluding carboxylic acids is 1. The zero-order valence-electron chi connectivity index (χ0n) is 15.4. The second kappa shape index (κ2) is 9.23. The Morgan fingerprint density at radius 1 is 1.11 bits per heavy atom. The molecule has 3 aromatic rings. The van der Waals surface area contributed by atoms with Crippen LogP contribution in [0, 0.1) is 0 Å². The highest BCUT2D eigenvalue weighted by Gasteiger charge is 2.15. The minimum absolute atomic E-state index is 0.0857. The lowest BCUT2D eigenvalue weighted by atomic mass is 10.2. The molecule has 3 rings (SSSR count). The maximum absolute atomic E-state index is 12.3. The van der Waals surface area contributed by atoms with Crippen molar-refractivity contribution in [2.45, 2.75) is 25.0 Å². The average molecular weight is 382 g/mol. The highest BCUT2D eigenvalue weighted by atomic mass is 32.2. The van der Waals surface area contributed by atoms with E-state index in [0.29, 0.717) is 0 Å². The number of nitrogens with zero attached hydrogens (tertiary/aromatic N) is 3. The van der Waals surface area contributed by atoms with E-state index in [-0.39, 0.29) is 11.7 Å². The van der Waals surface area contributed by atoms with Gasteiger partial charge in [-0.05, 0) is 30.7 Å². The molecular weight excluding hydrogens is 360 g/mol. The number of benzene rings is 2. The minimum Gasteiger partial charge on any atom is -0.497 e. The van der Waals surface area contributed by atoms with Crippen LogP contribution in [0.5, 0.6) is 5.75 Å². The summed E-state index contributed by atoms with van der Waals surface area (Å²) >= 11 is 1.39. The smallest absolute Gasteiger partial charge is 0.234 e. The molecule has 1 amide bonds. The molecule has 140 valence electrons. The summed E-state index contributed by atoms with van der Waals surface area (Å²) in [6.45, 7) is 2.92. The van der Waals surface area contributed by atoms with Gasteiger partial charge in [0.1, 0.15) is 5.75 Å². The Hall–Kier alpha value is -2.80. The molecule has 0 atom stereocenters. The fraction of sp³-hybridized carbons (Fsp3) is 0.250. The van der Waals surface area contributed by atoms with Crippen molar-refractivity contribution < 1.29 is 9.53 Å². The van der Waals surface area contributed by atoms with Gasteiger partial charge in [0, 0.05) is 17.8 Å². The molecule has 0 bridgehead atoms. The number of amides is 1. The second-order valence-corrected chi connectivity index (χ2v) is 6.83. The van der Waals surface area contributed by atoms with Crippen LogP contribution < -0.4 is 10.1 Å². The van der Waals surface area contributed by atoms with E-state index in [2.05, 4.69) is 27.0 Å². The van der Waals surface area contributed by atoms with Crippen LogP contribution in [-0.2, 0) is 11.3 Å². The molecule has 1 heterocycles. The number of hydrogen-bond acceptors (Lipinski definition) is 5. The van der Waals surface area contributed by atoms with Gasteiger partial charge in [0.2, 0.25) is 5.91 Å². The summed E-state index contributed by atoms with van der Waals surface area (Å²) in [5, 5.41) is 12.3. The van der Waals surface area contributed by atoms with Crippen LogP contribution >= 0.6 is 11.8 Å². The third-order valence-electron chi connectivity index (χ3n) is 3.90. The highest BCUT2D eigenvalue weighted by molar-refractivity contribution is 7.99. The van der Waals surface area contributed by atoms with Gasteiger partial charge in [0.25, 0.3) is 0 Å². The number of methoxy groups -OCH3 is 1. The molecule has 0 fully saturated rings. The summed E-state index contributed by atoms with van der Waals surface area (Å²) in [5.41, 5.74) is 1.76. The van der Waals surface area contributed by atoms with Crippen molar-refractivity contribution in [2.75, 3.05) is 18.2 Å². The van der Waals surface area contributed by atoms with E-state index in [0.717, 1.165) is 40.9 Å². The van der Waals surface area contributed by atoms with Gasteiger partial charge in [-0.15, -0.1) is 10.2 Å². The van der Waals surface area contributed by atoms with Gasteiger partial charge >= 0.3 is 0 Å². The lowest BCUT2D eigenvalue weighted by molar-refractivity contribution is -0.113. The zero-order valence-corrected chi connectivity index (χ0v) is 16.2.